The fourth-order valence-electron chi connectivity index (χ4n) is 3.59. The quantitative estimate of drug-likeness (QED) is 0.287. The van der Waals surface area contributed by atoms with Crippen molar-refractivity contribution in [1.29, 1.82) is 0 Å². The number of hydrogen-bond acceptors (Lipinski definition) is 4. The van der Waals surface area contributed by atoms with Gasteiger partial charge in [-0.15, -0.1) is 0 Å². The Labute approximate surface area is 203 Å². The van der Waals surface area contributed by atoms with E-state index < -0.39 is 0 Å². The minimum absolute atomic E-state index is 0.0864. The van der Waals surface area contributed by atoms with Crippen molar-refractivity contribution < 1.29 is 23.7 Å². The van der Waals surface area contributed by atoms with E-state index in [1.54, 1.807) is 38.5 Å². The summed E-state index contributed by atoms with van der Waals surface area (Å²) in [5.41, 5.74) is 2.77. The van der Waals surface area contributed by atoms with Crippen LogP contribution in [0.1, 0.15) is 43.2 Å². The van der Waals surface area contributed by atoms with Gasteiger partial charge in [0.2, 0.25) is 0 Å². The maximum absolute atomic E-state index is 11.9. The van der Waals surface area contributed by atoms with Gasteiger partial charge in [-0.05, 0) is 92.5 Å². The minimum atomic E-state index is -0.178. The van der Waals surface area contributed by atoms with E-state index in [2.05, 4.69) is 0 Å². The third-order valence-electron chi connectivity index (χ3n) is 5.44. The third kappa shape index (κ3) is 11.3. The van der Waals surface area contributed by atoms with Crippen molar-refractivity contribution in [3.05, 3.63) is 95.8 Å². The molecule has 5 heteroatoms. The molecule has 0 atom stereocenters. The van der Waals surface area contributed by atoms with Crippen molar-refractivity contribution in [2.24, 2.45) is 0 Å². The van der Waals surface area contributed by atoms with Gasteiger partial charge in [0.15, 0.2) is 6.29 Å². The number of aromatic hydroxyl groups is 1. The van der Waals surface area contributed by atoms with E-state index >= 15 is 0 Å². The maximum atomic E-state index is 11.9. The van der Waals surface area contributed by atoms with Crippen LogP contribution in [-0.4, -0.2) is 32.2 Å². The van der Waals surface area contributed by atoms with Crippen molar-refractivity contribution in [3.63, 3.8) is 0 Å². The smallest absolute Gasteiger partial charge is 0.156 e. The second kappa shape index (κ2) is 16.7. The average molecular weight is 469 g/mol. The molecule has 0 unspecified atom stereocenters. The van der Waals surface area contributed by atoms with Gasteiger partial charge in [0.25, 0.3) is 0 Å². The molecule has 3 aromatic rings. The molecule has 0 radical (unpaired) electrons. The molecule has 0 saturated heterocycles. The van der Waals surface area contributed by atoms with Gasteiger partial charge in [-0.2, -0.15) is 0 Å². The van der Waals surface area contributed by atoms with Crippen LogP contribution < -0.4 is 4.74 Å². The summed E-state index contributed by atoms with van der Waals surface area (Å²) in [7, 11) is 3.32. The lowest BCUT2D eigenvalue weighted by Crippen LogP contribution is -2.12. The summed E-state index contributed by atoms with van der Waals surface area (Å²) in [6, 6.07) is 23.5. The van der Waals surface area contributed by atoms with Crippen LogP contribution in [0.15, 0.2) is 78.9 Å². The highest BCUT2D eigenvalue weighted by atomic mass is 19.1. The Kier molecular flexibility index (Phi) is 13.4. The number of hydrogen-bond donors (Lipinski definition) is 1. The third-order valence-corrected chi connectivity index (χ3v) is 5.44. The van der Waals surface area contributed by atoms with Gasteiger partial charge in [-0.3, -0.25) is 0 Å². The van der Waals surface area contributed by atoms with E-state index in [4.69, 9.17) is 14.2 Å². The normalized spacial score (nSPS) is 12.0. The van der Waals surface area contributed by atoms with Crippen LogP contribution in [0.4, 0.5) is 4.39 Å². The van der Waals surface area contributed by atoms with E-state index in [1.807, 2.05) is 42.5 Å². The van der Waals surface area contributed by atoms with E-state index in [1.165, 1.54) is 42.5 Å². The summed E-state index contributed by atoms with van der Waals surface area (Å²) >= 11 is 0. The molecular weight excluding hydrogens is 431 g/mol. The number of aryl methyl sites for hydroxylation is 2. The molecule has 34 heavy (non-hydrogen) atoms. The summed E-state index contributed by atoms with van der Waals surface area (Å²) in [5.74, 6) is 1.16. The van der Waals surface area contributed by atoms with E-state index in [0.717, 1.165) is 38.0 Å². The first-order valence-corrected chi connectivity index (χ1v) is 11.9. The van der Waals surface area contributed by atoms with Crippen molar-refractivity contribution in [2.75, 3.05) is 20.8 Å². The van der Waals surface area contributed by atoms with Gasteiger partial charge < -0.3 is 19.3 Å². The van der Waals surface area contributed by atoms with Gasteiger partial charge in [-0.1, -0.05) is 42.5 Å². The van der Waals surface area contributed by atoms with Crippen LogP contribution in [0, 0.1) is 5.82 Å². The van der Waals surface area contributed by atoms with Gasteiger partial charge in [0, 0.05) is 14.2 Å². The fourth-order valence-corrected chi connectivity index (χ4v) is 3.59. The molecule has 1 N–H and O–H groups in total. The first-order valence-electron chi connectivity index (χ1n) is 11.9. The molecule has 3 aromatic carbocycles. The number of phenolic OH excluding ortho intramolecular Hbond substituents is 1. The average Bonchev–Trinajstić information content (AvgIpc) is 2.88. The lowest BCUT2D eigenvalue weighted by molar-refractivity contribution is -0.107. The zero-order chi connectivity index (χ0) is 24.4. The highest BCUT2D eigenvalue weighted by molar-refractivity contribution is 5.36. The van der Waals surface area contributed by atoms with Crippen LogP contribution in [0.25, 0.3) is 0 Å². The van der Waals surface area contributed by atoms with Crippen molar-refractivity contribution >= 4 is 0 Å². The number of phenols is 1. The summed E-state index contributed by atoms with van der Waals surface area (Å²) in [6.45, 7) is 0.740. The second-order valence-electron chi connectivity index (χ2n) is 8.01. The topological polar surface area (TPSA) is 47.9 Å². The molecule has 4 rings (SSSR count). The monoisotopic (exact) mass is 468 g/mol. The van der Waals surface area contributed by atoms with Gasteiger partial charge >= 0.3 is 0 Å². The van der Waals surface area contributed by atoms with E-state index in [-0.39, 0.29) is 12.1 Å². The Morgan fingerprint density at radius 3 is 2.00 bits per heavy atom. The second-order valence-corrected chi connectivity index (χ2v) is 8.01. The summed E-state index contributed by atoms with van der Waals surface area (Å²) in [4.78, 5) is 0. The van der Waals surface area contributed by atoms with Gasteiger partial charge in [0.05, 0.1) is 6.61 Å². The summed E-state index contributed by atoms with van der Waals surface area (Å²) in [5, 5.41) is 9.19. The number of para-hydroxylation sites is 1. The van der Waals surface area contributed by atoms with E-state index in [0.29, 0.717) is 5.75 Å². The maximum Gasteiger partial charge on any atom is 0.156 e. The molecule has 1 aliphatic rings. The van der Waals surface area contributed by atoms with E-state index in [9.17, 15) is 9.50 Å². The Balaban J connectivity index is 0.000000195. The zero-order valence-electron chi connectivity index (χ0n) is 20.3. The molecule has 0 saturated carbocycles. The number of fused-ring (bicyclic) bond motifs is 1. The molecule has 4 nitrogen and oxygen atoms in total. The molecule has 0 fully saturated rings. The lowest BCUT2D eigenvalue weighted by atomic mass is 9.92. The van der Waals surface area contributed by atoms with Crippen LogP contribution in [-0.2, 0) is 22.3 Å². The van der Waals surface area contributed by atoms with Crippen molar-refractivity contribution in [2.45, 2.75) is 51.2 Å². The molecule has 0 bridgehead atoms. The Hall–Kier alpha value is -2.89. The number of rotatable bonds is 8. The van der Waals surface area contributed by atoms with Crippen LogP contribution in [0.2, 0.25) is 0 Å². The zero-order valence-corrected chi connectivity index (χ0v) is 20.3. The minimum Gasteiger partial charge on any atom is -0.508 e. The predicted molar refractivity (Wildman–Crippen MR) is 135 cm³/mol. The first kappa shape index (κ1) is 27.4. The first-order chi connectivity index (χ1) is 16.6. The molecule has 0 amide bonds. The highest BCUT2D eigenvalue weighted by Gasteiger charge is 2.08. The van der Waals surface area contributed by atoms with Gasteiger partial charge in [0.1, 0.15) is 17.3 Å². The predicted octanol–water partition coefficient (Wildman–Crippen LogP) is 6.95. The standard InChI is InChI=1S/C13H20O3.C10H12O.C6H5F/c1-14-13(15-2)10-6-7-11-16-12-8-4-3-5-9-12;11-10-6-5-8-3-1-2-4-9(8)7-10;7-6-4-2-1-3-5-6/h3-5,8-9,13H,6-7,10-11H2,1-2H3;5-7,11H,1-4H2;1-5H. The Bertz CT molecular complexity index is 899. The Morgan fingerprint density at radius 1 is 0.794 bits per heavy atom. The van der Waals surface area contributed by atoms with Crippen LogP contribution in [0.3, 0.4) is 0 Å². The van der Waals surface area contributed by atoms with Crippen LogP contribution in [0.5, 0.6) is 11.5 Å². The number of benzene rings is 3. The Morgan fingerprint density at radius 2 is 1.41 bits per heavy atom. The number of methoxy groups -OCH3 is 2. The summed E-state index contributed by atoms with van der Waals surface area (Å²) < 4.78 is 27.7. The molecule has 1 aliphatic carbocycles. The molecule has 0 heterocycles. The number of unbranched alkanes of at least 4 members (excludes halogenated alkanes) is 1. The molecule has 0 aromatic heterocycles. The highest BCUT2D eigenvalue weighted by Crippen LogP contribution is 2.24. The van der Waals surface area contributed by atoms with Crippen molar-refractivity contribution in [3.8, 4) is 11.5 Å². The van der Waals surface area contributed by atoms with Crippen LogP contribution >= 0.6 is 0 Å². The molecule has 0 spiro atoms. The number of ether oxygens (including phenoxy) is 3. The molecule has 184 valence electrons. The molecular formula is C29H37FO4. The van der Waals surface area contributed by atoms with Gasteiger partial charge in [-0.25, -0.2) is 4.39 Å². The summed E-state index contributed by atoms with van der Waals surface area (Å²) in [6.07, 6.45) is 7.78. The van der Waals surface area contributed by atoms with Crippen molar-refractivity contribution in [1.82, 2.24) is 0 Å². The number of halogens is 1. The largest absolute Gasteiger partial charge is 0.508 e. The fraction of sp³-hybridized carbons (Fsp3) is 0.379. The lowest BCUT2D eigenvalue weighted by Gasteiger charge is -2.14. The SMILES string of the molecule is COC(CCCCOc1ccccc1)OC.Fc1ccccc1.Oc1ccc2c(c1)CCCC2. The molecule has 0 aliphatic heterocycles.